The number of fused-ring (bicyclic) bond motifs is 1. The summed E-state index contributed by atoms with van der Waals surface area (Å²) in [6.45, 7) is 8.84. The lowest BCUT2D eigenvalue weighted by molar-refractivity contribution is 0.584. The van der Waals surface area contributed by atoms with E-state index in [-0.39, 0.29) is 5.41 Å². The van der Waals surface area contributed by atoms with Crippen molar-refractivity contribution in [1.82, 2.24) is 4.98 Å². The van der Waals surface area contributed by atoms with Gasteiger partial charge < -0.3 is 5.73 Å². The second kappa shape index (κ2) is 7.36. The molecule has 0 fully saturated rings. The van der Waals surface area contributed by atoms with Gasteiger partial charge in [-0.2, -0.15) is 0 Å². The number of nitrogens with zero attached hydrogens (tertiary/aromatic N) is 1. The van der Waals surface area contributed by atoms with E-state index in [1.165, 1.54) is 58.5 Å². The fourth-order valence-electron chi connectivity index (χ4n) is 4.21. The zero-order valence-electron chi connectivity index (χ0n) is 17.4. The molecule has 0 saturated carbocycles. The summed E-state index contributed by atoms with van der Waals surface area (Å²) in [6.07, 6.45) is 5.93. The number of hydrogen-bond acceptors (Lipinski definition) is 3. The third kappa shape index (κ3) is 3.86. The lowest BCUT2D eigenvalue weighted by atomic mass is 9.82. The van der Waals surface area contributed by atoms with Gasteiger partial charge in [-0.15, -0.1) is 11.3 Å². The minimum atomic E-state index is 0.0652. The molecule has 1 heterocycles. The number of thiazole rings is 1. The van der Waals surface area contributed by atoms with Crippen molar-refractivity contribution in [2.24, 2.45) is 0 Å². The Hall–Kier alpha value is -2.13. The van der Waals surface area contributed by atoms with Gasteiger partial charge in [0.05, 0.1) is 10.7 Å². The highest BCUT2D eigenvalue weighted by atomic mass is 32.1. The summed E-state index contributed by atoms with van der Waals surface area (Å²) in [5, 5.41) is 3.38. The highest BCUT2D eigenvalue weighted by Crippen LogP contribution is 2.33. The Kier molecular flexibility index (Phi) is 5.05. The van der Waals surface area contributed by atoms with Crippen LogP contribution in [0.15, 0.2) is 35.7 Å². The van der Waals surface area contributed by atoms with E-state index in [1.54, 1.807) is 11.3 Å². The molecule has 4 rings (SSSR count). The van der Waals surface area contributed by atoms with E-state index in [1.807, 2.05) is 0 Å². The molecule has 0 bridgehead atoms. The maximum atomic E-state index is 6.20. The van der Waals surface area contributed by atoms with Crippen LogP contribution in [0.3, 0.4) is 0 Å². The number of hydrogen-bond donors (Lipinski definition) is 1. The molecule has 0 spiro atoms. The number of nitrogens with two attached hydrogens (primary N) is 1. The van der Waals surface area contributed by atoms with Gasteiger partial charge in [0.25, 0.3) is 0 Å². The van der Waals surface area contributed by atoms with Crippen LogP contribution in [0.1, 0.15) is 66.4 Å². The van der Waals surface area contributed by atoms with Gasteiger partial charge in [-0.3, -0.25) is 0 Å². The smallest absolute Gasteiger partial charge is 0.0976 e. The van der Waals surface area contributed by atoms with E-state index in [0.717, 1.165) is 23.4 Å². The number of aryl methyl sites for hydroxylation is 3. The molecule has 3 aromatic rings. The largest absolute Gasteiger partial charge is 0.399 e. The second-order valence-electron chi connectivity index (χ2n) is 9.11. The van der Waals surface area contributed by atoms with Gasteiger partial charge >= 0.3 is 0 Å². The van der Waals surface area contributed by atoms with Gasteiger partial charge in [-0.05, 0) is 78.0 Å². The van der Waals surface area contributed by atoms with Crippen molar-refractivity contribution >= 4 is 17.0 Å². The van der Waals surface area contributed by atoms with Gasteiger partial charge in [0.2, 0.25) is 0 Å². The van der Waals surface area contributed by atoms with Crippen LogP contribution in [0.4, 0.5) is 5.69 Å². The topological polar surface area (TPSA) is 38.9 Å². The Labute approximate surface area is 172 Å². The number of benzene rings is 2. The first kappa shape index (κ1) is 19.2. The molecule has 28 heavy (non-hydrogen) atoms. The number of aromatic nitrogens is 1. The van der Waals surface area contributed by atoms with Crippen molar-refractivity contribution in [3.05, 3.63) is 68.5 Å². The van der Waals surface area contributed by atoms with Gasteiger partial charge in [0, 0.05) is 23.1 Å². The molecule has 0 radical (unpaired) electrons. The van der Waals surface area contributed by atoms with E-state index < -0.39 is 0 Å². The summed E-state index contributed by atoms with van der Waals surface area (Å²) in [5.74, 6) is 0. The average Bonchev–Trinajstić information content (AvgIpc) is 3.12. The maximum Gasteiger partial charge on any atom is 0.0976 e. The SMILES string of the molecule is Cc1cc(Cc2nc(-c3ccc4c(c3)CCCC4)cs2)c(C(C)(C)C)cc1N. The first-order valence-corrected chi connectivity index (χ1v) is 11.2. The molecule has 146 valence electrons. The second-order valence-corrected chi connectivity index (χ2v) is 10.1. The van der Waals surface area contributed by atoms with Crippen LogP contribution in [0.25, 0.3) is 11.3 Å². The normalized spacial score (nSPS) is 14.1. The molecule has 1 aliphatic carbocycles. The molecule has 0 aliphatic heterocycles. The third-order valence-electron chi connectivity index (χ3n) is 5.84. The van der Waals surface area contributed by atoms with Crippen molar-refractivity contribution in [2.45, 2.75) is 65.2 Å². The van der Waals surface area contributed by atoms with E-state index in [9.17, 15) is 0 Å². The minimum absolute atomic E-state index is 0.0652. The molecule has 2 aromatic carbocycles. The van der Waals surface area contributed by atoms with Gasteiger partial charge in [-0.1, -0.05) is 39.0 Å². The Morgan fingerprint density at radius 1 is 1.04 bits per heavy atom. The summed E-state index contributed by atoms with van der Waals surface area (Å²) < 4.78 is 0. The fourth-order valence-corrected chi connectivity index (χ4v) is 5.04. The van der Waals surface area contributed by atoms with Crippen molar-refractivity contribution in [1.29, 1.82) is 0 Å². The summed E-state index contributed by atoms with van der Waals surface area (Å²) in [6, 6.07) is 11.3. The van der Waals surface area contributed by atoms with E-state index in [0.29, 0.717) is 0 Å². The molecule has 0 atom stereocenters. The third-order valence-corrected chi connectivity index (χ3v) is 6.69. The molecule has 2 nitrogen and oxygen atoms in total. The van der Waals surface area contributed by atoms with Crippen molar-refractivity contribution in [3.63, 3.8) is 0 Å². The number of nitrogen functional groups attached to an aromatic ring is 1. The summed E-state index contributed by atoms with van der Waals surface area (Å²) in [5.41, 5.74) is 16.4. The number of anilines is 1. The van der Waals surface area contributed by atoms with Crippen LogP contribution >= 0.6 is 11.3 Å². The molecule has 2 N–H and O–H groups in total. The minimum Gasteiger partial charge on any atom is -0.399 e. The Morgan fingerprint density at radius 2 is 1.79 bits per heavy atom. The summed E-state index contributed by atoms with van der Waals surface area (Å²) in [7, 11) is 0. The predicted molar refractivity (Wildman–Crippen MR) is 121 cm³/mol. The van der Waals surface area contributed by atoms with Crippen molar-refractivity contribution in [3.8, 4) is 11.3 Å². The quantitative estimate of drug-likeness (QED) is 0.521. The van der Waals surface area contributed by atoms with E-state index >= 15 is 0 Å². The molecular weight excluding hydrogens is 360 g/mol. The van der Waals surface area contributed by atoms with Crippen LogP contribution in [0.2, 0.25) is 0 Å². The Morgan fingerprint density at radius 3 is 2.54 bits per heavy atom. The molecule has 0 unspecified atom stereocenters. The van der Waals surface area contributed by atoms with Crippen LogP contribution in [0.5, 0.6) is 0 Å². The van der Waals surface area contributed by atoms with E-state index in [4.69, 9.17) is 10.7 Å². The Balaban J connectivity index is 1.63. The molecule has 1 aliphatic rings. The van der Waals surface area contributed by atoms with E-state index in [2.05, 4.69) is 63.4 Å². The zero-order chi connectivity index (χ0) is 19.9. The predicted octanol–water partition coefficient (Wildman–Crippen LogP) is 6.47. The molecule has 1 aromatic heterocycles. The van der Waals surface area contributed by atoms with Gasteiger partial charge in [0.1, 0.15) is 0 Å². The summed E-state index contributed by atoms with van der Waals surface area (Å²) >= 11 is 1.76. The monoisotopic (exact) mass is 390 g/mol. The van der Waals surface area contributed by atoms with Crippen LogP contribution in [-0.4, -0.2) is 4.98 Å². The fraction of sp³-hybridized carbons (Fsp3) is 0.400. The lowest BCUT2D eigenvalue weighted by Gasteiger charge is -2.24. The highest BCUT2D eigenvalue weighted by molar-refractivity contribution is 7.10. The van der Waals surface area contributed by atoms with Crippen LogP contribution < -0.4 is 5.73 Å². The number of rotatable bonds is 3. The van der Waals surface area contributed by atoms with Crippen molar-refractivity contribution < 1.29 is 0 Å². The van der Waals surface area contributed by atoms with Crippen LogP contribution in [-0.2, 0) is 24.7 Å². The molecule has 0 saturated heterocycles. The standard InChI is InChI=1S/C25H30N2S/c1-16-11-20(21(14-22(16)26)25(2,3)4)13-24-27-23(15-28-24)19-10-9-17-7-5-6-8-18(17)12-19/h9-12,14-15H,5-8,13,26H2,1-4H3. The maximum absolute atomic E-state index is 6.20. The van der Waals surface area contributed by atoms with Crippen LogP contribution in [0, 0.1) is 6.92 Å². The zero-order valence-corrected chi connectivity index (χ0v) is 18.2. The summed E-state index contributed by atoms with van der Waals surface area (Å²) in [4.78, 5) is 4.99. The average molecular weight is 391 g/mol. The van der Waals surface area contributed by atoms with Gasteiger partial charge in [-0.25, -0.2) is 4.98 Å². The molecular formula is C25H30N2S. The Bertz CT molecular complexity index is 1010. The molecule has 0 amide bonds. The first-order chi connectivity index (χ1) is 13.3. The first-order valence-electron chi connectivity index (χ1n) is 10.3. The molecule has 3 heteroatoms. The van der Waals surface area contributed by atoms with Gasteiger partial charge in [0.15, 0.2) is 0 Å². The lowest BCUT2D eigenvalue weighted by Crippen LogP contribution is -2.15. The van der Waals surface area contributed by atoms with Crippen molar-refractivity contribution in [2.75, 3.05) is 5.73 Å². The highest BCUT2D eigenvalue weighted by Gasteiger charge is 2.20.